The summed E-state index contributed by atoms with van der Waals surface area (Å²) in [5.41, 5.74) is 4.95. The first-order valence-electron chi connectivity index (χ1n) is 10.3. The lowest BCUT2D eigenvalue weighted by molar-refractivity contribution is 0.0257. The van der Waals surface area contributed by atoms with Crippen LogP contribution in [0.2, 0.25) is 0 Å². The summed E-state index contributed by atoms with van der Waals surface area (Å²) in [6, 6.07) is 13.5. The molecule has 5 aromatic rings. The fourth-order valence-corrected chi connectivity index (χ4v) is 4.10. The van der Waals surface area contributed by atoms with Crippen LogP contribution >= 0.6 is 0 Å². The van der Waals surface area contributed by atoms with Crippen molar-refractivity contribution in [1.29, 1.82) is 0 Å². The number of nitrogens with zero attached hydrogens (tertiary/aromatic N) is 5. The molecule has 2 N–H and O–H groups in total. The smallest absolute Gasteiger partial charge is 0.266 e. The monoisotopic (exact) mass is 431 g/mol. The Labute approximate surface area is 181 Å². The molecule has 1 aliphatic rings. The third-order valence-corrected chi connectivity index (χ3v) is 5.78. The topological polar surface area (TPSA) is 74.1 Å². The first-order valence-corrected chi connectivity index (χ1v) is 10.3. The van der Waals surface area contributed by atoms with Gasteiger partial charge in [-0.2, -0.15) is 5.10 Å². The zero-order valence-electron chi connectivity index (χ0n) is 17.0. The second-order valence-corrected chi connectivity index (χ2v) is 8.00. The van der Waals surface area contributed by atoms with E-state index in [0.717, 1.165) is 33.5 Å². The minimum Gasteiger partial charge on any atom is -0.365 e. The summed E-state index contributed by atoms with van der Waals surface area (Å²) in [7, 11) is 0. The number of H-pyrrole nitrogens is 1. The zero-order chi connectivity index (χ0) is 21.7. The van der Waals surface area contributed by atoms with Crippen LogP contribution in [-0.4, -0.2) is 43.6 Å². The zero-order valence-corrected chi connectivity index (χ0v) is 17.0. The first-order chi connectivity index (χ1) is 15.5. The third kappa shape index (κ3) is 3.31. The second kappa shape index (κ2) is 7.01. The minimum absolute atomic E-state index is 0.105. The van der Waals surface area contributed by atoms with Crippen molar-refractivity contribution in [2.24, 2.45) is 0 Å². The number of benzene rings is 2. The Kier molecular flexibility index (Phi) is 4.11. The van der Waals surface area contributed by atoms with Crippen LogP contribution in [-0.2, 0) is 0 Å². The number of hydrogen-bond acceptors (Lipinski definition) is 5. The average Bonchev–Trinajstić information content (AvgIpc) is 3.52. The third-order valence-electron chi connectivity index (χ3n) is 5.78. The van der Waals surface area contributed by atoms with Crippen LogP contribution in [0, 0.1) is 0 Å². The molecular weight excluding hydrogens is 412 g/mol. The van der Waals surface area contributed by atoms with Crippen molar-refractivity contribution in [3.05, 3.63) is 67.3 Å². The van der Waals surface area contributed by atoms with Gasteiger partial charge in [-0.25, -0.2) is 18.7 Å². The number of hydrogen-bond donors (Lipinski definition) is 2. The molecule has 1 saturated heterocycles. The summed E-state index contributed by atoms with van der Waals surface area (Å²) in [6.45, 7) is 0.123. The van der Waals surface area contributed by atoms with E-state index in [0.29, 0.717) is 18.0 Å². The Balaban J connectivity index is 1.32. The number of alkyl halides is 2. The molecule has 0 saturated carbocycles. The summed E-state index contributed by atoms with van der Waals surface area (Å²) < 4.78 is 29.0. The number of fused-ring (bicyclic) bond motifs is 2. The van der Waals surface area contributed by atoms with E-state index in [9.17, 15) is 8.78 Å². The lowest BCUT2D eigenvalue weighted by atomic mass is 10.1. The first kappa shape index (κ1) is 18.7. The molecule has 0 bridgehead atoms. The van der Waals surface area contributed by atoms with Crippen molar-refractivity contribution >= 4 is 33.7 Å². The molecule has 160 valence electrons. The molecule has 0 unspecified atom stereocenters. The van der Waals surface area contributed by atoms with E-state index < -0.39 is 5.92 Å². The van der Waals surface area contributed by atoms with Gasteiger partial charge in [-0.15, -0.1) is 0 Å². The van der Waals surface area contributed by atoms with Gasteiger partial charge in [0.2, 0.25) is 0 Å². The van der Waals surface area contributed by atoms with Crippen LogP contribution in [0.15, 0.2) is 67.3 Å². The molecule has 0 amide bonds. The van der Waals surface area contributed by atoms with Gasteiger partial charge in [-0.1, -0.05) is 12.1 Å². The Morgan fingerprint density at radius 3 is 2.78 bits per heavy atom. The van der Waals surface area contributed by atoms with E-state index >= 15 is 0 Å². The number of nitrogens with one attached hydrogen (secondary N) is 2. The maximum Gasteiger partial charge on any atom is 0.266 e. The van der Waals surface area contributed by atoms with Gasteiger partial charge in [-0.05, 0) is 30.3 Å². The van der Waals surface area contributed by atoms with Gasteiger partial charge in [0.25, 0.3) is 5.92 Å². The van der Waals surface area contributed by atoms with Crippen LogP contribution in [0.5, 0.6) is 0 Å². The second-order valence-electron chi connectivity index (χ2n) is 8.00. The fourth-order valence-electron chi connectivity index (χ4n) is 4.10. The standard InChI is InChI=1S/C23H19F2N7/c24-23(25)7-9-32(14-23)18-5-3-17(4-6-18)28-21-22-26-8-10-31(22)13-20(29-21)15-1-2-16-12-27-30-19(16)11-15/h1-6,8,10-13H,7,9,14H2,(H,27,30)(H,28,29). The van der Waals surface area contributed by atoms with Crippen LogP contribution < -0.4 is 10.2 Å². The number of anilines is 3. The highest BCUT2D eigenvalue weighted by molar-refractivity contribution is 5.84. The van der Waals surface area contributed by atoms with Crippen molar-refractivity contribution < 1.29 is 8.78 Å². The number of halogens is 2. The molecule has 0 atom stereocenters. The van der Waals surface area contributed by atoms with Crippen LogP contribution in [0.1, 0.15) is 6.42 Å². The number of aromatic amines is 1. The van der Waals surface area contributed by atoms with E-state index in [4.69, 9.17) is 4.98 Å². The van der Waals surface area contributed by atoms with Gasteiger partial charge in [0.05, 0.1) is 24.0 Å². The van der Waals surface area contributed by atoms with Gasteiger partial charge in [0, 0.05) is 53.9 Å². The maximum atomic E-state index is 13.5. The molecule has 6 rings (SSSR count). The van der Waals surface area contributed by atoms with Crippen molar-refractivity contribution in [2.75, 3.05) is 23.3 Å². The summed E-state index contributed by atoms with van der Waals surface area (Å²) in [5, 5.41) is 11.4. The van der Waals surface area contributed by atoms with Crippen molar-refractivity contribution in [3.8, 4) is 11.3 Å². The molecule has 0 aliphatic carbocycles. The van der Waals surface area contributed by atoms with Crippen LogP contribution in [0.3, 0.4) is 0 Å². The molecule has 0 spiro atoms. The maximum absolute atomic E-state index is 13.5. The molecule has 3 aromatic heterocycles. The van der Waals surface area contributed by atoms with Gasteiger partial charge < -0.3 is 14.6 Å². The molecular formula is C23H19F2N7. The van der Waals surface area contributed by atoms with E-state index in [-0.39, 0.29) is 13.0 Å². The molecule has 9 heteroatoms. The van der Waals surface area contributed by atoms with Crippen LogP contribution in [0.25, 0.3) is 27.8 Å². The summed E-state index contributed by atoms with van der Waals surface area (Å²) in [5.74, 6) is -2.01. The summed E-state index contributed by atoms with van der Waals surface area (Å²) in [4.78, 5) is 10.9. The lowest BCUT2D eigenvalue weighted by Gasteiger charge is -2.18. The molecule has 4 heterocycles. The van der Waals surface area contributed by atoms with Gasteiger partial charge in [0.15, 0.2) is 11.5 Å². The summed E-state index contributed by atoms with van der Waals surface area (Å²) in [6.07, 6.45) is 7.21. The Morgan fingerprint density at radius 1 is 1.09 bits per heavy atom. The predicted octanol–water partition coefficient (Wildman–Crippen LogP) is 4.86. The quantitative estimate of drug-likeness (QED) is 0.425. The van der Waals surface area contributed by atoms with Gasteiger partial charge in [0.1, 0.15) is 0 Å². The van der Waals surface area contributed by atoms with E-state index in [1.807, 2.05) is 59.3 Å². The highest BCUT2D eigenvalue weighted by atomic mass is 19.3. The molecule has 1 fully saturated rings. The summed E-state index contributed by atoms with van der Waals surface area (Å²) >= 11 is 0. The minimum atomic E-state index is -2.62. The molecule has 0 radical (unpaired) electrons. The Hall–Kier alpha value is -4.01. The average molecular weight is 431 g/mol. The van der Waals surface area contributed by atoms with Crippen molar-refractivity contribution in [2.45, 2.75) is 12.3 Å². The van der Waals surface area contributed by atoms with E-state index in [2.05, 4.69) is 20.5 Å². The Bertz CT molecular complexity index is 1420. The van der Waals surface area contributed by atoms with E-state index in [1.54, 1.807) is 17.3 Å². The normalized spacial score (nSPS) is 15.6. The largest absolute Gasteiger partial charge is 0.365 e. The molecule has 7 nitrogen and oxygen atoms in total. The van der Waals surface area contributed by atoms with Crippen molar-refractivity contribution in [1.82, 2.24) is 24.6 Å². The molecule has 1 aliphatic heterocycles. The number of rotatable bonds is 4. The Morgan fingerprint density at radius 2 is 1.97 bits per heavy atom. The lowest BCUT2D eigenvalue weighted by Crippen LogP contribution is -2.24. The highest BCUT2D eigenvalue weighted by Crippen LogP contribution is 2.32. The highest BCUT2D eigenvalue weighted by Gasteiger charge is 2.38. The van der Waals surface area contributed by atoms with Gasteiger partial charge >= 0.3 is 0 Å². The predicted molar refractivity (Wildman–Crippen MR) is 120 cm³/mol. The number of imidazole rings is 1. The fraction of sp³-hybridized carbons (Fsp3) is 0.174. The van der Waals surface area contributed by atoms with Crippen molar-refractivity contribution in [3.63, 3.8) is 0 Å². The SMILES string of the molecule is FC1(F)CCN(c2ccc(Nc3nc(-c4ccc5cn[nH]c5c4)cn4ccnc34)cc2)C1. The van der Waals surface area contributed by atoms with Gasteiger partial charge in [-0.3, -0.25) is 5.10 Å². The number of aromatic nitrogens is 5. The molecule has 2 aromatic carbocycles. The van der Waals surface area contributed by atoms with E-state index in [1.165, 1.54) is 0 Å². The van der Waals surface area contributed by atoms with Crippen LogP contribution in [0.4, 0.5) is 26.0 Å². The molecule has 32 heavy (non-hydrogen) atoms.